The van der Waals surface area contributed by atoms with Gasteiger partial charge in [0.05, 0.1) is 0 Å². The Labute approximate surface area is 167 Å². The normalized spacial score (nSPS) is 11.0. The van der Waals surface area contributed by atoms with Crippen molar-refractivity contribution in [3.05, 3.63) is 65.5 Å². The first-order chi connectivity index (χ1) is 13.3. The minimum absolute atomic E-state index is 0.973. The van der Waals surface area contributed by atoms with Crippen LogP contribution in [0.5, 0.6) is 0 Å². The molecule has 0 aliphatic heterocycles. The maximum Gasteiger partial charge on any atom is 0.173 e. The smallest absolute Gasteiger partial charge is 0.173 e. The molecule has 0 bridgehead atoms. The minimum atomic E-state index is 0.973. The summed E-state index contributed by atoms with van der Waals surface area (Å²) in [7, 11) is 0. The van der Waals surface area contributed by atoms with E-state index in [4.69, 9.17) is 0 Å². The molecule has 0 amide bonds. The molecule has 0 saturated carbocycles. The van der Waals surface area contributed by atoms with Crippen molar-refractivity contribution in [2.75, 3.05) is 0 Å². The van der Waals surface area contributed by atoms with Crippen molar-refractivity contribution in [2.24, 2.45) is 0 Å². The van der Waals surface area contributed by atoms with Crippen LogP contribution in [0, 0.1) is 0 Å². The highest BCUT2D eigenvalue weighted by Gasteiger charge is 2.10. The third-order valence-electron chi connectivity index (χ3n) is 5.51. The standard InChI is InChI=1S/C26H40N/c1-3-5-7-9-14-18-25-20-21-27(22-24-16-12-11-13-17-24)23-26(25)19-15-10-8-6-4-2/h11-13,16-17,20-21,23H,3-10,14-15,18-19,22H2,1-2H3/q+1. The van der Waals surface area contributed by atoms with E-state index in [1.807, 2.05) is 0 Å². The number of nitrogens with zero attached hydrogens (tertiary/aromatic N) is 1. The fourth-order valence-corrected chi connectivity index (χ4v) is 3.82. The maximum absolute atomic E-state index is 2.42. The molecule has 0 atom stereocenters. The van der Waals surface area contributed by atoms with E-state index < -0.39 is 0 Å². The Balaban J connectivity index is 1.97. The lowest BCUT2D eigenvalue weighted by molar-refractivity contribution is -0.688. The van der Waals surface area contributed by atoms with E-state index in [2.05, 4.69) is 67.2 Å². The van der Waals surface area contributed by atoms with Crippen LogP contribution < -0.4 is 4.57 Å². The van der Waals surface area contributed by atoms with Crippen LogP contribution in [0.1, 0.15) is 94.7 Å². The lowest BCUT2D eigenvalue weighted by atomic mass is 9.98. The zero-order chi connectivity index (χ0) is 19.2. The van der Waals surface area contributed by atoms with E-state index in [9.17, 15) is 0 Å². The van der Waals surface area contributed by atoms with Gasteiger partial charge in [0.15, 0.2) is 18.9 Å². The first-order valence-electron chi connectivity index (χ1n) is 11.4. The van der Waals surface area contributed by atoms with Crippen LogP contribution in [0.4, 0.5) is 0 Å². The van der Waals surface area contributed by atoms with Gasteiger partial charge in [-0.15, -0.1) is 0 Å². The van der Waals surface area contributed by atoms with Gasteiger partial charge in [0.1, 0.15) is 0 Å². The SMILES string of the molecule is CCCCCCCc1cc[n+](Cc2ccccc2)cc1CCCCCCC. The van der Waals surface area contributed by atoms with E-state index >= 15 is 0 Å². The Bertz CT molecular complexity index is 617. The molecule has 0 spiro atoms. The molecule has 1 heteroatoms. The molecule has 148 valence electrons. The van der Waals surface area contributed by atoms with Gasteiger partial charge < -0.3 is 0 Å². The summed E-state index contributed by atoms with van der Waals surface area (Å²) in [6, 6.07) is 13.2. The van der Waals surface area contributed by atoms with E-state index in [0.29, 0.717) is 0 Å². The number of hydrogen-bond acceptors (Lipinski definition) is 0. The van der Waals surface area contributed by atoms with E-state index in [1.54, 1.807) is 11.1 Å². The van der Waals surface area contributed by atoms with Crippen LogP contribution >= 0.6 is 0 Å². The van der Waals surface area contributed by atoms with Gasteiger partial charge >= 0.3 is 0 Å². The zero-order valence-electron chi connectivity index (χ0n) is 17.8. The quantitative estimate of drug-likeness (QED) is 0.249. The number of pyridine rings is 1. The summed E-state index contributed by atoms with van der Waals surface area (Å²) in [5.41, 5.74) is 4.55. The summed E-state index contributed by atoms with van der Waals surface area (Å²) in [6.45, 7) is 5.56. The van der Waals surface area contributed by atoms with Gasteiger partial charge in [-0.25, -0.2) is 4.57 Å². The highest BCUT2D eigenvalue weighted by Crippen LogP contribution is 2.16. The van der Waals surface area contributed by atoms with Crippen molar-refractivity contribution in [1.29, 1.82) is 0 Å². The number of rotatable bonds is 14. The average molecular weight is 367 g/mol. The first-order valence-corrected chi connectivity index (χ1v) is 11.4. The molecule has 0 unspecified atom stereocenters. The summed E-state index contributed by atoms with van der Waals surface area (Å²) in [5.74, 6) is 0. The number of unbranched alkanes of at least 4 members (excludes halogenated alkanes) is 8. The molecule has 0 radical (unpaired) electrons. The average Bonchev–Trinajstić information content (AvgIpc) is 2.70. The van der Waals surface area contributed by atoms with Crippen LogP contribution in [-0.4, -0.2) is 0 Å². The minimum Gasteiger partial charge on any atom is -0.200 e. The van der Waals surface area contributed by atoms with Gasteiger partial charge in [0.25, 0.3) is 0 Å². The molecule has 1 heterocycles. The van der Waals surface area contributed by atoms with E-state index in [-0.39, 0.29) is 0 Å². The molecule has 2 aromatic rings. The maximum atomic E-state index is 2.42. The van der Waals surface area contributed by atoms with Gasteiger partial charge in [-0.05, 0) is 31.2 Å². The van der Waals surface area contributed by atoms with E-state index in [0.717, 1.165) is 6.54 Å². The monoisotopic (exact) mass is 366 g/mol. The Morgan fingerprint density at radius 3 is 1.85 bits per heavy atom. The van der Waals surface area contributed by atoms with E-state index in [1.165, 1.54) is 82.6 Å². The summed E-state index contributed by atoms with van der Waals surface area (Å²) >= 11 is 0. The summed E-state index contributed by atoms with van der Waals surface area (Å²) in [4.78, 5) is 0. The van der Waals surface area contributed by atoms with Crippen molar-refractivity contribution < 1.29 is 4.57 Å². The fraction of sp³-hybridized carbons (Fsp3) is 0.577. The molecule has 1 aromatic carbocycles. The predicted octanol–water partition coefficient (Wildman–Crippen LogP) is 7.05. The lowest BCUT2D eigenvalue weighted by Gasteiger charge is -2.09. The van der Waals surface area contributed by atoms with Gasteiger partial charge in [-0.3, -0.25) is 0 Å². The van der Waals surface area contributed by atoms with Crippen molar-refractivity contribution in [1.82, 2.24) is 0 Å². The van der Waals surface area contributed by atoms with Crippen LogP contribution in [-0.2, 0) is 19.4 Å². The third kappa shape index (κ3) is 8.73. The molecule has 2 rings (SSSR count). The van der Waals surface area contributed by atoms with Gasteiger partial charge in [0, 0.05) is 17.2 Å². The molecule has 0 saturated heterocycles. The number of aryl methyl sites for hydroxylation is 2. The molecule has 0 aliphatic rings. The lowest BCUT2D eigenvalue weighted by Crippen LogP contribution is -2.34. The van der Waals surface area contributed by atoms with Gasteiger partial charge in [-0.1, -0.05) is 95.5 Å². The summed E-state index contributed by atoms with van der Waals surface area (Å²) in [5, 5.41) is 0. The Kier molecular flexibility index (Phi) is 10.9. The number of aromatic nitrogens is 1. The second-order valence-corrected chi connectivity index (χ2v) is 7.98. The highest BCUT2D eigenvalue weighted by molar-refractivity contribution is 5.22. The molecule has 0 aliphatic carbocycles. The molecular formula is C26H40N+. The zero-order valence-corrected chi connectivity index (χ0v) is 17.8. The van der Waals surface area contributed by atoms with Gasteiger partial charge in [-0.2, -0.15) is 0 Å². The second kappa shape index (κ2) is 13.5. The van der Waals surface area contributed by atoms with Crippen LogP contribution in [0.25, 0.3) is 0 Å². The van der Waals surface area contributed by atoms with Crippen molar-refractivity contribution >= 4 is 0 Å². The van der Waals surface area contributed by atoms with Crippen molar-refractivity contribution in [2.45, 2.75) is 97.4 Å². The Morgan fingerprint density at radius 1 is 0.630 bits per heavy atom. The summed E-state index contributed by atoms with van der Waals surface area (Å²) < 4.78 is 2.37. The van der Waals surface area contributed by atoms with Crippen molar-refractivity contribution in [3.63, 3.8) is 0 Å². The van der Waals surface area contributed by atoms with Crippen LogP contribution in [0.15, 0.2) is 48.8 Å². The Morgan fingerprint density at radius 2 is 1.22 bits per heavy atom. The topological polar surface area (TPSA) is 3.88 Å². The number of hydrogen-bond donors (Lipinski definition) is 0. The molecular weight excluding hydrogens is 326 g/mol. The second-order valence-electron chi connectivity index (χ2n) is 7.98. The van der Waals surface area contributed by atoms with Crippen molar-refractivity contribution in [3.8, 4) is 0 Å². The molecule has 1 aromatic heterocycles. The van der Waals surface area contributed by atoms with Gasteiger partial charge in [0.2, 0.25) is 0 Å². The molecule has 27 heavy (non-hydrogen) atoms. The summed E-state index contributed by atoms with van der Waals surface area (Å²) in [6.07, 6.45) is 20.8. The number of benzene rings is 1. The predicted molar refractivity (Wildman–Crippen MR) is 117 cm³/mol. The highest BCUT2D eigenvalue weighted by atomic mass is 14.9. The Hall–Kier alpha value is -1.63. The fourth-order valence-electron chi connectivity index (χ4n) is 3.82. The van der Waals surface area contributed by atoms with Crippen LogP contribution in [0.3, 0.4) is 0 Å². The van der Waals surface area contributed by atoms with Crippen LogP contribution in [0.2, 0.25) is 0 Å². The molecule has 0 N–H and O–H groups in total. The largest absolute Gasteiger partial charge is 0.200 e. The molecule has 0 fully saturated rings. The molecule has 1 nitrogen and oxygen atoms in total. The third-order valence-corrected chi connectivity index (χ3v) is 5.51. The first kappa shape index (κ1) is 21.7.